The van der Waals surface area contributed by atoms with E-state index in [-0.39, 0.29) is 5.91 Å². The van der Waals surface area contributed by atoms with Crippen molar-refractivity contribution in [3.63, 3.8) is 0 Å². The number of rotatable bonds is 4. The van der Waals surface area contributed by atoms with Crippen molar-refractivity contribution >= 4 is 23.5 Å². The number of nitrogens with zero attached hydrogens (tertiary/aromatic N) is 2. The molecule has 0 aliphatic carbocycles. The zero-order valence-electron chi connectivity index (χ0n) is 12.9. The van der Waals surface area contributed by atoms with Crippen LogP contribution >= 0.6 is 0 Å². The van der Waals surface area contributed by atoms with Gasteiger partial charge in [0.15, 0.2) is 0 Å². The number of hydrogen-bond donors (Lipinski definition) is 2. The largest absolute Gasteiger partial charge is 0.478 e. The number of hydrogen-bond acceptors (Lipinski definition) is 4. The lowest BCUT2D eigenvalue weighted by molar-refractivity contribution is -0.131. The third-order valence-corrected chi connectivity index (χ3v) is 3.54. The molecule has 2 amide bonds. The maximum absolute atomic E-state index is 12.5. The van der Waals surface area contributed by atoms with Gasteiger partial charge in [0.2, 0.25) is 5.91 Å². The highest BCUT2D eigenvalue weighted by Crippen LogP contribution is 2.14. The van der Waals surface area contributed by atoms with Gasteiger partial charge in [-0.1, -0.05) is 6.07 Å². The second-order valence-electron chi connectivity index (χ2n) is 5.34. The van der Waals surface area contributed by atoms with Gasteiger partial charge in [0.25, 0.3) is 5.91 Å². The first-order valence-electron chi connectivity index (χ1n) is 7.25. The highest BCUT2D eigenvalue weighted by molar-refractivity contribution is 6.03. The van der Waals surface area contributed by atoms with Crippen molar-refractivity contribution in [3.8, 4) is 0 Å². The molecule has 2 N–H and O–H groups in total. The number of piperazine rings is 1. The van der Waals surface area contributed by atoms with E-state index >= 15 is 0 Å². The Bertz CT molecular complexity index is 634. The summed E-state index contributed by atoms with van der Waals surface area (Å²) in [5.41, 5.74) is 0.944. The van der Waals surface area contributed by atoms with Crippen LogP contribution in [0.1, 0.15) is 10.4 Å². The molecule has 0 bridgehead atoms. The fraction of sp³-hybridized carbons (Fsp3) is 0.312. The fourth-order valence-corrected chi connectivity index (χ4v) is 2.25. The normalized spacial score (nSPS) is 15.6. The summed E-state index contributed by atoms with van der Waals surface area (Å²) < 4.78 is 0. The van der Waals surface area contributed by atoms with Gasteiger partial charge in [0, 0.05) is 49.6 Å². The van der Waals surface area contributed by atoms with Gasteiger partial charge in [-0.15, -0.1) is 0 Å². The Hall–Kier alpha value is -2.67. The van der Waals surface area contributed by atoms with Crippen LogP contribution in [-0.2, 0) is 9.59 Å². The molecule has 1 aromatic carbocycles. The third-order valence-electron chi connectivity index (χ3n) is 3.54. The second kappa shape index (κ2) is 7.55. The van der Waals surface area contributed by atoms with Crippen molar-refractivity contribution < 1.29 is 19.5 Å². The highest BCUT2D eigenvalue weighted by Gasteiger charge is 2.20. The first kappa shape index (κ1) is 16.7. The molecule has 7 heteroatoms. The van der Waals surface area contributed by atoms with Gasteiger partial charge in [0.05, 0.1) is 0 Å². The average molecular weight is 317 g/mol. The Morgan fingerprint density at radius 1 is 1.13 bits per heavy atom. The van der Waals surface area contributed by atoms with Gasteiger partial charge in [-0.05, 0) is 25.2 Å². The molecule has 0 radical (unpaired) electrons. The number of carbonyl (C=O) groups excluding carboxylic acids is 2. The zero-order valence-corrected chi connectivity index (χ0v) is 12.9. The van der Waals surface area contributed by atoms with Crippen molar-refractivity contribution in [1.29, 1.82) is 0 Å². The SMILES string of the molecule is CN1CCN(C(=O)c2cccc(NC(=O)/C=C/C(=O)O)c2)CC1. The molecule has 7 nitrogen and oxygen atoms in total. The minimum atomic E-state index is -1.20. The lowest BCUT2D eigenvalue weighted by atomic mass is 10.1. The van der Waals surface area contributed by atoms with Gasteiger partial charge < -0.3 is 20.2 Å². The number of aliphatic carboxylic acids is 1. The van der Waals surface area contributed by atoms with Crippen LogP contribution in [0.2, 0.25) is 0 Å². The minimum absolute atomic E-state index is 0.0738. The van der Waals surface area contributed by atoms with Gasteiger partial charge >= 0.3 is 5.97 Å². The van der Waals surface area contributed by atoms with E-state index in [0.29, 0.717) is 24.3 Å². The molecule has 0 spiro atoms. The van der Waals surface area contributed by atoms with Crippen molar-refractivity contribution in [1.82, 2.24) is 9.80 Å². The molecular formula is C16H19N3O4. The summed E-state index contributed by atoms with van der Waals surface area (Å²) in [4.78, 5) is 38.4. The van der Waals surface area contributed by atoms with Crippen molar-refractivity contribution in [2.75, 3.05) is 38.5 Å². The van der Waals surface area contributed by atoms with E-state index < -0.39 is 11.9 Å². The molecule has 1 saturated heterocycles. The summed E-state index contributed by atoms with van der Waals surface area (Å²) in [6.45, 7) is 3.02. The van der Waals surface area contributed by atoms with E-state index in [1.54, 1.807) is 29.2 Å². The number of likely N-dealkylation sites (N-methyl/N-ethyl adjacent to an activating group) is 1. The highest BCUT2D eigenvalue weighted by atomic mass is 16.4. The average Bonchev–Trinajstić information content (AvgIpc) is 2.53. The van der Waals surface area contributed by atoms with E-state index in [9.17, 15) is 14.4 Å². The summed E-state index contributed by atoms with van der Waals surface area (Å²) >= 11 is 0. The van der Waals surface area contributed by atoms with Crippen LogP contribution in [0.3, 0.4) is 0 Å². The number of anilines is 1. The molecule has 0 atom stereocenters. The maximum atomic E-state index is 12.5. The molecule has 0 saturated carbocycles. The smallest absolute Gasteiger partial charge is 0.328 e. The monoisotopic (exact) mass is 317 g/mol. The maximum Gasteiger partial charge on any atom is 0.328 e. The van der Waals surface area contributed by atoms with Crippen LogP contribution in [-0.4, -0.2) is 65.9 Å². The van der Waals surface area contributed by atoms with Crippen LogP contribution < -0.4 is 5.32 Å². The third kappa shape index (κ3) is 4.93. The van der Waals surface area contributed by atoms with E-state index in [0.717, 1.165) is 25.2 Å². The molecule has 1 aliphatic rings. The summed E-state index contributed by atoms with van der Waals surface area (Å²) in [6.07, 6.45) is 1.69. The lowest BCUT2D eigenvalue weighted by Crippen LogP contribution is -2.47. The second-order valence-corrected chi connectivity index (χ2v) is 5.34. The molecule has 1 heterocycles. The Morgan fingerprint density at radius 2 is 1.83 bits per heavy atom. The minimum Gasteiger partial charge on any atom is -0.478 e. The number of nitrogens with one attached hydrogen (secondary N) is 1. The van der Waals surface area contributed by atoms with Gasteiger partial charge in [-0.2, -0.15) is 0 Å². The van der Waals surface area contributed by atoms with E-state index in [4.69, 9.17) is 5.11 Å². The van der Waals surface area contributed by atoms with Crippen molar-refractivity contribution in [3.05, 3.63) is 42.0 Å². The van der Waals surface area contributed by atoms with Crippen LogP contribution in [0.25, 0.3) is 0 Å². The molecule has 2 rings (SSSR count). The van der Waals surface area contributed by atoms with E-state index in [2.05, 4.69) is 10.2 Å². The van der Waals surface area contributed by atoms with Crippen molar-refractivity contribution in [2.45, 2.75) is 0 Å². The summed E-state index contributed by atoms with van der Waals surface area (Å²) in [5, 5.41) is 11.0. The van der Waals surface area contributed by atoms with Gasteiger partial charge in [0.1, 0.15) is 0 Å². The molecule has 23 heavy (non-hydrogen) atoms. The van der Waals surface area contributed by atoms with Gasteiger partial charge in [-0.25, -0.2) is 4.79 Å². The number of carbonyl (C=O) groups is 3. The quantitative estimate of drug-likeness (QED) is 0.796. The summed E-state index contributed by atoms with van der Waals surface area (Å²) in [6, 6.07) is 6.61. The van der Waals surface area contributed by atoms with Crippen molar-refractivity contribution in [2.24, 2.45) is 0 Å². The molecule has 0 unspecified atom stereocenters. The molecule has 1 aliphatic heterocycles. The Balaban J connectivity index is 2.03. The standard InChI is InChI=1S/C16H19N3O4/c1-18-7-9-19(10-8-18)16(23)12-3-2-4-13(11-12)17-14(20)5-6-15(21)22/h2-6,11H,7-10H2,1H3,(H,17,20)(H,21,22)/b6-5+. The zero-order chi connectivity index (χ0) is 16.8. The van der Waals surface area contributed by atoms with Crippen LogP contribution in [0.15, 0.2) is 36.4 Å². The number of benzene rings is 1. The topological polar surface area (TPSA) is 90.0 Å². The Labute approximate surface area is 134 Å². The fourth-order valence-electron chi connectivity index (χ4n) is 2.25. The van der Waals surface area contributed by atoms with Crippen LogP contribution in [0, 0.1) is 0 Å². The van der Waals surface area contributed by atoms with Crippen LogP contribution in [0.5, 0.6) is 0 Å². The number of amides is 2. The first-order valence-corrected chi connectivity index (χ1v) is 7.25. The number of carboxylic acid groups (broad SMARTS) is 1. The Morgan fingerprint density at radius 3 is 2.48 bits per heavy atom. The van der Waals surface area contributed by atoms with E-state index in [1.807, 2.05) is 7.05 Å². The number of carboxylic acids is 1. The van der Waals surface area contributed by atoms with Crippen LogP contribution in [0.4, 0.5) is 5.69 Å². The predicted molar refractivity (Wildman–Crippen MR) is 85.2 cm³/mol. The Kier molecular flexibility index (Phi) is 5.48. The lowest BCUT2D eigenvalue weighted by Gasteiger charge is -2.32. The van der Waals surface area contributed by atoms with Gasteiger partial charge in [-0.3, -0.25) is 9.59 Å². The summed E-state index contributed by atoms with van der Waals surface area (Å²) in [5.74, 6) is -1.83. The molecule has 1 fully saturated rings. The first-order chi connectivity index (χ1) is 11.0. The van der Waals surface area contributed by atoms with E-state index in [1.165, 1.54) is 0 Å². The molecule has 1 aromatic rings. The molecule has 122 valence electrons. The predicted octanol–water partition coefficient (Wildman–Crippen LogP) is 0.653. The molecular weight excluding hydrogens is 298 g/mol. The molecule has 0 aromatic heterocycles. The summed E-state index contributed by atoms with van der Waals surface area (Å²) in [7, 11) is 2.02.